The molecule has 1 aromatic rings. The van der Waals surface area contributed by atoms with Crippen molar-refractivity contribution in [3.63, 3.8) is 0 Å². The molecule has 0 aromatic carbocycles. The summed E-state index contributed by atoms with van der Waals surface area (Å²) in [6.45, 7) is -1.29. The maximum atomic E-state index is 13.0. The first-order chi connectivity index (χ1) is 9.67. The minimum absolute atomic E-state index is 0.0830. The first-order valence-electron chi connectivity index (χ1n) is 5.74. The number of carboxylic acids is 1. The summed E-state index contributed by atoms with van der Waals surface area (Å²) in [4.78, 5) is 31.1. The quantitative estimate of drug-likeness (QED) is 0.894. The molecule has 0 radical (unpaired) electrons. The van der Waals surface area contributed by atoms with Gasteiger partial charge in [0.15, 0.2) is 5.41 Å². The molecule has 1 N–H and O–H groups in total. The van der Waals surface area contributed by atoms with Crippen LogP contribution in [0.2, 0.25) is 5.15 Å². The maximum absolute atomic E-state index is 13.0. The van der Waals surface area contributed by atoms with Crippen LogP contribution in [0.5, 0.6) is 0 Å². The fourth-order valence-corrected chi connectivity index (χ4v) is 2.26. The fourth-order valence-electron chi connectivity index (χ4n) is 2.12. The molecule has 1 aliphatic heterocycles. The Morgan fingerprint density at radius 3 is 2.52 bits per heavy atom. The lowest BCUT2D eigenvalue weighted by atomic mass is 9.86. The maximum Gasteiger partial charge on any atom is 0.406 e. The monoisotopic (exact) mass is 323 g/mol. The highest BCUT2D eigenvalue weighted by Gasteiger charge is 2.64. The Kier molecular flexibility index (Phi) is 3.79. The van der Waals surface area contributed by atoms with Crippen LogP contribution in [0.15, 0.2) is 12.4 Å². The number of likely N-dealkylation sites (tertiary alicyclic amines) is 1. The van der Waals surface area contributed by atoms with Crippen LogP contribution in [-0.2, 0) is 4.79 Å². The summed E-state index contributed by atoms with van der Waals surface area (Å²) in [5.74, 6) is -2.83. The summed E-state index contributed by atoms with van der Waals surface area (Å²) >= 11 is 5.56. The molecule has 1 atom stereocenters. The number of amides is 1. The molecule has 10 heteroatoms. The molecular weight excluding hydrogens is 315 g/mol. The fraction of sp³-hybridized carbons (Fsp3) is 0.455. The van der Waals surface area contributed by atoms with Crippen molar-refractivity contribution in [2.75, 3.05) is 13.1 Å². The molecule has 0 bridgehead atoms. The van der Waals surface area contributed by atoms with Gasteiger partial charge in [0.1, 0.15) is 10.8 Å². The molecule has 1 amide bonds. The Morgan fingerprint density at radius 1 is 1.38 bits per heavy atom. The summed E-state index contributed by atoms with van der Waals surface area (Å²) < 4.78 is 39.0. The number of nitrogens with zero attached hydrogens (tertiary/aromatic N) is 3. The third-order valence-electron chi connectivity index (χ3n) is 3.33. The lowest BCUT2D eigenvalue weighted by molar-refractivity contribution is -0.227. The highest BCUT2D eigenvalue weighted by atomic mass is 35.5. The van der Waals surface area contributed by atoms with Crippen molar-refractivity contribution >= 4 is 23.5 Å². The predicted molar refractivity (Wildman–Crippen MR) is 63.7 cm³/mol. The van der Waals surface area contributed by atoms with Crippen LogP contribution >= 0.6 is 11.6 Å². The molecule has 6 nitrogen and oxygen atoms in total. The van der Waals surface area contributed by atoms with Crippen molar-refractivity contribution in [2.24, 2.45) is 5.41 Å². The standard InChI is InChI=1S/C11H9ClF3N3O3/c12-7-4-16-3-6(17-7)8(19)18-2-1-10(5-18,9(20)21)11(13,14)15/h3-4H,1-2,5H2,(H,20,21). The van der Waals surface area contributed by atoms with Gasteiger partial charge >= 0.3 is 12.1 Å². The molecule has 0 spiro atoms. The van der Waals surface area contributed by atoms with Crippen LogP contribution in [0.1, 0.15) is 16.9 Å². The normalized spacial score (nSPS) is 22.4. The number of alkyl halides is 3. The van der Waals surface area contributed by atoms with E-state index in [1.165, 1.54) is 6.20 Å². The first-order valence-corrected chi connectivity index (χ1v) is 6.12. The molecule has 1 unspecified atom stereocenters. The van der Waals surface area contributed by atoms with Crippen LogP contribution in [0.3, 0.4) is 0 Å². The van der Waals surface area contributed by atoms with E-state index in [0.29, 0.717) is 0 Å². The number of carbonyl (C=O) groups is 2. The average molecular weight is 324 g/mol. The highest BCUT2D eigenvalue weighted by Crippen LogP contribution is 2.45. The molecule has 1 fully saturated rings. The van der Waals surface area contributed by atoms with Gasteiger partial charge in [-0.05, 0) is 6.42 Å². The van der Waals surface area contributed by atoms with Crippen molar-refractivity contribution in [3.05, 3.63) is 23.2 Å². The number of aliphatic carboxylic acids is 1. The van der Waals surface area contributed by atoms with Crippen LogP contribution in [0.25, 0.3) is 0 Å². The van der Waals surface area contributed by atoms with E-state index in [1.54, 1.807) is 0 Å². The van der Waals surface area contributed by atoms with Crippen molar-refractivity contribution in [3.8, 4) is 0 Å². The van der Waals surface area contributed by atoms with Gasteiger partial charge in [0, 0.05) is 13.1 Å². The van der Waals surface area contributed by atoms with Gasteiger partial charge in [0.2, 0.25) is 0 Å². The van der Waals surface area contributed by atoms with Crippen molar-refractivity contribution in [1.82, 2.24) is 14.9 Å². The first kappa shape index (κ1) is 15.5. The topological polar surface area (TPSA) is 83.4 Å². The Morgan fingerprint density at radius 2 is 2.05 bits per heavy atom. The second kappa shape index (κ2) is 5.14. The molecule has 21 heavy (non-hydrogen) atoms. The van der Waals surface area contributed by atoms with Crippen LogP contribution in [0.4, 0.5) is 13.2 Å². The third-order valence-corrected chi connectivity index (χ3v) is 3.51. The summed E-state index contributed by atoms with van der Waals surface area (Å²) in [6, 6.07) is 0. The van der Waals surface area contributed by atoms with Gasteiger partial charge in [-0.15, -0.1) is 0 Å². The van der Waals surface area contributed by atoms with Crippen molar-refractivity contribution in [1.29, 1.82) is 0 Å². The molecule has 114 valence electrons. The van der Waals surface area contributed by atoms with E-state index < -0.39 is 36.4 Å². The minimum Gasteiger partial charge on any atom is -0.481 e. The number of hydrogen-bond acceptors (Lipinski definition) is 4. The Bertz CT molecular complexity index is 596. The second-order valence-electron chi connectivity index (χ2n) is 4.59. The van der Waals surface area contributed by atoms with E-state index in [-0.39, 0.29) is 17.4 Å². The predicted octanol–water partition coefficient (Wildman–Crippen LogP) is 1.61. The summed E-state index contributed by atoms with van der Waals surface area (Å²) in [6.07, 6.45) is -3.43. The zero-order chi connectivity index (χ0) is 15.8. The van der Waals surface area contributed by atoms with Gasteiger partial charge < -0.3 is 10.0 Å². The van der Waals surface area contributed by atoms with Crippen LogP contribution in [0, 0.1) is 5.41 Å². The molecule has 2 rings (SSSR count). The number of rotatable bonds is 2. The molecule has 1 aromatic heterocycles. The highest BCUT2D eigenvalue weighted by molar-refractivity contribution is 6.29. The Labute approximate surface area is 121 Å². The van der Waals surface area contributed by atoms with Crippen molar-refractivity contribution < 1.29 is 27.9 Å². The van der Waals surface area contributed by atoms with Crippen LogP contribution in [-0.4, -0.2) is 51.1 Å². The van der Waals surface area contributed by atoms with E-state index in [4.69, 9.17) is 16.7 Å². The zero-order valence-electron chi connectivity index (χ0n) is 10.4. The molecule has 1 aliphatic rings. The summed E-state index contributed by atoms with van der Waals surface area (Å²) in [5, 5.41) is 8.82. The summed E-state index contributed by atoms with van der Waals surface area (Å²) in [7, 11) is 0. The van der Waals surface area contributed by atoms with E-state index in [0.717, 1.165) is 11.1 Å². The van der Waals surface area contributed by atoms with Crippen LogP contribution < -0.4 is 0 Å². The number of halogens is 4. The molecular formula is C11H9ClF3N3O3. The van der Waals surface area contributed by atoms with Gasteiger partial charge in [-0.3, -0.25) is 14.6 Å². The number of aromatic nitrogens is 2. The molecule has 2 heterocycles. The smallest absolute Gasteiger partial charge is 0.406 e. The number of hydrogen-bond donors (Lipinski definition) is 1. The SMILES string of the molecule is O=C(c1cncc(Cl)n1)N1CCC(C(=O)O)(C(F)(F)F)C1. The van der Waals surface area contributed by atoms with Crippen molar-refractivity contribution in [2.45, 2.75) is 12.6 Å². The zero-order valence-corrected chi connectivity index (χ0v) is 11.1. The van der Waals surface area contributed by atoms with Gasteiger partial charge in [0.05, 0.1) is 12.4 Å². The van der Waals surface area contributed by atoms with Gasteiger partial charge in [-0.1, -0.05) is 11.6 Å². The lowest BCUT2D eigenvalue weighted by Crippen LogP contribution is -2.47. The number of carboxylic acid groups (broad SMARTS) is 1. The second-order valence-corrected chi connectivity index (χ2v) is 4.98. The van der Waals surface area contributed by atoms with Gasteiger partial charge in [-0.25, -0.2) is 4.98 Å². The average Bonchev–Trinajstić information content (AvgIpc) is 2.83. The largest absolute Gasteiger partial charge is 0.481 e. The molecule has 0 aliphatic carbocycles. The molecule has 0 saturated carbocycles. The third kappa shape index (κ3) is 2.65. The Balaban J connectivity index is 2.26. The number of carbonyl (C=O) groups excluding carboxylic acids is 1. The summed E-state index contributed by atoms with van der Waals surface area (Å²) in [5.41, 5.74) is -3.18. The minimum atomic E-state index is -4.95. The van der Waals surface area contributed by atoms with E-state index in [2.05, 4.69) is 9.97 Å². The Hall–Kier alpha value is -1.90. The van der Waals surface area contributed by atoms with E-state index >= 15 is 0 Å². The lowest BCUT2D eigenvalue weighted by Gasteiger charge is -2.27. The molecule has 1 saturated heterocycles. The van der Waals surface area contributed by atoms with Gasteiger partial charge in [-0.2, -0.15) is 13.2 Å². The van der Waals surface area contributed by atoms with E-state index in [9.17, 15) is 22.8 Å². The van der Waals surface area contributed by atoms with E-state index in [1.807, 2.05) is 0 Å². The van der Waals surface area contributed by atoms with Gasteiger partial charge in [0.25, 0.3) is 5.91 Å².